The Morgan fingerprint density at radius 3 is 1.34 bits per heavy atom. The predicted octanol–water partition coefficient (Wildman–Crippen LogP) is 5.13. The first-order valence-electron chi connectivity index (χ1n) is 13.0. The first kappa shape index (κ1) is 21.1. The second-order valence-electron chi connectivity index (χ2n) is 11.1. The predicted molar refractivity (Wildman–Crippen MR) is 139 cm³/mol. The minimum atomic E-state index is -0.583. The SMILES string of the molecule is C[C@H]1O[C@H](C)[C@@H]2Oc3cc(=O)c4c(O)c5c6c7c8c(cc(=O)c9c(O)c1c2c(c3c47)c98)O[C@@H]6[C@@H](C)O[C@@H]5C. The van der Waals surface area contributed by atoms with Gasteiger partial charge in [-0.2, -0.15) is 0 Å². The van der Waals surface area contributed by atoms with Gasteiger partial charge in [-0.15, -0.1) is 0 Å². The Balaban J connectivity index is 1.71. The Hall–Kier alpha value is -3.88. The molecule has 0 saturated heterocycles. The number of phenolic OH excluding ortho intramolecular Hbond substituents is 2. The summed E-state index contributed by atoms with van der Waals surface area (Å²) in [6.45, 7) is 7.49. The summed E-state index contributed by atoms with van der Waals surface area (Å²) < 4.78 is 25.2. The lowest BCUT2D eigenvalue weighted by molar-refractivity contribution is -0.0721. The molecule has 5 aromatic rings. The zero-order chi connectivity index (χ0) is 26.1. The molecule has 0 bridgehead atoms. The molecular formula is C30H22O8. The van der Waals surface area contributed by atoms with Crippen LogP contribution in [0.5, 0.6) is 23.0 Å². The summed E-state index contributed by atoms with van der Waals surface area (Å²) in [4.78, 5) is 27.3. The van der Waals surface area contributed by atoms with Crippen LogP contribution in [0, 0.1) is 0 Å². The quantitative estimate of drug-likeness (QED) is 0.218. The molecule has 6 atom stereocenters. The number of aromatic hydroxyl groups is 2. The number of hydrogen-bond donors (Lipinski definition) is 2. The van der Waals surface area contributed by atoms with Crippen LogP contribution in [0.15, 0.2) is 21.7 Å². The third-order valence-corrected chi connectivity index (χ3v) is 9.19. The zero-order valence-electron chi connectivity index (χ0n) is 21.0. The van der Waals surface area contributed by atoms with E-state index in [0.717, 1.165) is 21.9 Å². The molecule has 4 aliphatic rings. The van der Waals surface area contributed by atoms with Crippen molar-refractivity contribution >= 4 is 43.1 Å². The van der Waals surface area contributed by atoms with Crippen LogP contribution in [0.2, 0.25) is 0 Å². The third-order valence-electron chi connectivity index (χ3n) is 9.19. The summed E-state index contributed by atoms with van der Waals surface area (Å²) >= 11 is 0. The van der Waals surface area contributed by atoms with Gasteiger partial charge in [-0.05, 0) is 27.7 Å². The largest absolute Gasteiger partial charge is 0.507 e. The van der Waals surface area contributed by atoms with Gasteiger partial charge in [0, 0.05) is 66.7 Å². The molecule has 0 aliphatic carbocycles. The molecule has 38 heavy (non-hydrogen) atoms. The lowest BCUT2D eigenvalue weighted by Crippen LogP contribution is -2.35. The van der Waals surface area contributed by atoms with Crippen molar-refractivity contribution in [3.05, 3.63) is 54.8 Å². The minimum absolute atomic E-state index is 0.108. The van der Waals surface area contributed by atoms with Crippen LogP contribution in [-0.4, -0.2) is 22.4 Å². The number of hydrogen-bond acceptors (Lipinski definition) is 8. The molecule has 0 amide bonds. The minimum Gasteiger partial charge on any atom is -0.507 e. The second kappa shape index (κ2) is 6.22. The van der Waals surface area contributed by atoms with E-state index in [0.29, 0.717) is 44.2 Å². The van der Waals surface area contributed by atoms with Gasteiger partial charge >= 0.3 is 0 Å². The maximum atomic E-state index is 13.6. The van der Waals surface area contributed by atoms with E-state index >= 15 is 0 Å². The normalized spacial score (nSPS) is 28.6. The van der Waals surface area contributed by atoms with E-state index in [4.69, 9.17) is 18.9 Å². The first-order valence-corrected chi connectivity index (χ1v) is 13.0. The third kappa shape index (κ3) is 2.02. The fraction of sp³-hybridized carbons (Fsp3) is 0.333. The van der Waals surface area contributed by atoms with E-state index in [1.54, 1.807) is 0 Å². The van der Waals surface area contributed by atoms with Crippen molar-refractivity contribution in [2.24, 2.45) is 0 Å². The van der Waals surface area contributed by atoms with E-state index in [1.807, 2.05) is 27.7 Å². The summed E-state index contributed by atoms with van der Waals surface area (Å²) in [6, 6.07) is 2.84. The van der Waals surface area contributed by atoms with E-state index in [2.05, 4.69) is 0 Å². The molecule has 4 heterocycles. The summed E-state index contributed by atoms with van der Waals surface area (Å²) in [7, 11) is 0. The Labute approximate surface area is 214 Å². The molecule has 5 aromatic carbocycles. The molecule has 8 nitrogen and oxygen atoms in total. The number of phenols is 2. The van der Waals surface area contributed by atoms with Crippen molar-refractivity contribution < 1.29 is 29.2 Å². The van der Waals surface area contributed by atoms with Gasteiger partial charge in [-0.3, -0.25) is 9.59 Å². The zero-order valence-corrected chi connectivity index (χ0v) is 21.0. The number of ether oxygens (including phenoxy) is 4. The molecule has 4 aliphatic heterocycles. The first-order chi connectivity index (χ1) is 18.2. The van der Waals surface area contributed by atoms with Crippen LogP contribution in [0.1, 0.15) is 74.4 Å². The molecular weight excluding hydrogens is 488 g/mol. The molecule has 190 valence electrons. The van der Waals surface area contributed by atoms with Gasteiger partial charge in [0.1, 0.15) is 23.0 Å². The van der Waals surface area contributed by atoms with Crippen LogP contribution in [-0.2, 0) is 9.47 Å². The highest BCUT2D eigenvalue weighted by atomic mass is 16.6. The Bertz CT molecular complexity index is 1930. The molecule has 0 unspecified atom stereocenters. The Morgan fingerprint density at radius 1 is 0.553 bits per heavy atom. The highest BCUT2D eigenvalue weighted by Crippen LogP contribution is 2.61. The maximum absolute atomic E-state index is 13.6. The fourth-order valence-corrected chi connectivity index (χ4v) is 7.89. The van der Waals surface area contributed by atoms with Gasteiger partial charge in [-0.1, -0.05) is 0 Å². The van der Waals surface area contributed by atoms with Gasteiger partial charge in [-0.25, -0.2) is 0 Å². The molecule has 0 radical (unpaired) electrons. The lowest BCUT2D eigenvalue weighted by atomic mass is 9.75. The molecule has 0 aromatic heterocycles. The van der Waals surface area contributed by atoms with E-state index in [-0.39, 0.29) is 45.3 Å². The van der Waals surface area contributed by atoms with Crippen LogP contribution in [0.3, 0.4) is 0 Å². The monoisotopic (exact) mass is 510 g/mol. The average molecular weight is 510 g/mol. The molecule has 0 fully saturated rings. The lowest BCUT2D eigenvalue weighted by Gasteiger charge is -2.42. The number of rotatable bonds is 0. The van der Waals surface area contributed by atoms with Crippen molar-refractivity contribution in [1.29, 1.82) is 0 Å². The van der Waals surface area contributed by atoms with Crippen molar-refractivity contribution in [2.45, 2.75) is 64.3 Å². The van der Waals surface area contributed by atoms with Crippen molar-refractivity contribution in [1.82, 2.24) is 0 Å². The van der Waals surface area contributed by atoms with E-state index < -0.39 is 24.4 Å². The molecule has 9 rings (SSSR count). The van der Waals surface area contributed by atoms with Crippen LogP contribution in [0.25, 0.3) is 43.1 Å². The Kier molecular flexibility index (Phi) is 3.45. The standard InChI is InChI=1S/C30H22O8/c1-7-15-25-23-19-13(37-29(25)9(3)35-7)6-12(32)18-22(19)24-20-14(5-11(31)17(21(20)23)27(15)33)38-30-10(4)36-8(2)16(26(24)30)28(18)34/h5-10,29-30,33-34H,1-4H3/t7-,8-,9-,10-,29-,30+/m1/s1. The molecule has 2 N–H and O–H groups in total. The summed E-state index contributed by atoms with van der Waals surface area (Å²) in [5, 5.41) is 27.7. The summed E-state index contributed by atoms with van der Waals surface area (Å²) in [5.41, 5.74) is 1.85. The average Bonchev–Trinajstić information content (AvgIpc) is 2.85. The Morgan fingerprint density at radius 2 is 0.947 bits per heavy atom. The summed E-state index contributed by atoms with van der Waals surface area (Å²) in [6.07, 6.45) is -2.86. The highest BCUT2D eigenvalue weighted by Gasteiger charge is 2.46. The van der Waals surface area contributed by atoms with Crippen molar-refractivity contribution in [2.75, 3.05) is 0 Å². The second-order valence-corrected chi connectivity index (χ2v) is 11.1. The number of benzene rings is 5. The summed E-state index contributed by atoms with van der Waals surface area (Å²) in [5.74, 6) is 0.558. The highest BCUT2D eigenvalue weighted by molar-refractivity contribution is 6.38. The smallest absolute Gasteiger partial charge is 0.193 e. The van der Waals surface area contributed by atoms with Gasteiger partial charge in [0.15, 0.2) is 23.1 Å². The molecule has 0 saturated carbocycles. The van der Waals surface area contributed by atoms with Crippen LogP contribution >= 0.6 is 0 Å². The van der Waals surface area contributed by atoms with Gasteiger partial charge in [0.2, 0.25) is 0 Å². The van der Waals surface area contributed by atoms with Crippen LogP contribution in [0.4, 0.5) is 0 Å². The molecule has 0 spiro atoms. The van der Waals surface area contributed by atoms with E-state index in [1.165, 1.54) is 12.1 Å². The maximum Gasteiger partial charge on any atom is 0.193 e. The van der Waals surface area contributed by atoms with Gasteiger partial charge in [0.25, 0.3) is 0 Å². The van der Waals surface area contributed by atoms with E-state index in [9.17, 15) is 19.8 Å². The van der Waals surface area contributed by atoms with Crippen LogP contribution < -0.4 is 20.3 Å². The fourth-order valence-electron chi connectivity index (χ4n) is 7.89. The van der Waals surface area contributed by atoms with Gasteiger partial charge in [0.05, 0.1) is 35.2 Å². The van der Waals surface area contributed by atoms with Crippen molar-refractivity contribution in [3.8, 4) is 23.0 Å². The van der Waals surface area contributed by atoms with Gasteiger partial charge < -0.3 is 29.2 Å². The molecule has 8 heteroatoms. The van der Waals surface area contributed by atoms with Crippen molar-refractivity contribution in [3.63, 3.8) is 0 Å². The topological polar surface area (TPSA) is 112 Å².